The van der Waals surface area contributed by atoms with Crippen molar-refractivity contribution in [3.8, 4) is 5.69 Å². The number of thiocarbonyl (C=S) groups is 1. The summed E-state index contributed by atoms with van der Waals surface area (Å²) in [5.41, 5.74) is 6.95. The van der Waals surface area contributed by atoms with Gasteiger partial charge < -0.3 is 14.8 Å². The number of pyridine rings is 1. The maximum absolute atomic E-state index is 15.0. The topological polar surface area (TPSA) is 33.1 Å². The summed E-state index contributed by atoms with van der Waals surface area (Å²) in [6.07, 6.45) is 1.78. The highest BCUT2D eigenvalue weighted by Gasteiger charge is 2.43. The van der Waals surface area contributed by atoms with Crippen LogP contribution in [0.1, 0.15) is 40.3 Å². The van der Waals surface area contributed by atoms with E-state index in [1.54, 1.807) is 18.3 Å². The zero-order valence-corrected chi connectivity index (χ0v) is 19.6. The van der Waals surface area contributed by atoms with Gasteiger partial charge in [0, 0.05) is 23.3 Å². The van der Waals surface area contributed by atoms with Crippen LogP contribution in [0.4, 0.5) is 10.1 Å². The average molecular weight is 457 g/mol. The molecule has 33 heavy (non-hydrogen) atoms. The molecule has 2 aromatic heterocycles. The molecule has 2 atom stereocenters. The Labute approximate surface area is 198 Å². The molecule has 0 amide bonds. The number of nitrogens with one attached hydrogen (secondary N) is 1. The third-order valence-corrected chi connectivity index (χ3v) is 6.67. The summed E-state index contributed by atoms with van der Waals surface area (Å²) in [4.78, 5) is 6.50. The van der Waals surface area contributed by atoms with Gasteiger partial charge in [-0.1, -0.05) is 36.4 Å². The number of halogens is 1. The van der Waals surface area contributed by atoms with E-state index >= 15 is 0 Å². The number of benzene rings is 2. The lowest BCUT2D eigenvalue weighted by Gasteiger charge is -2.28. The minimum Gasteiger partial charge on any atom is -0.351 e. The predicted octanol–water partition coefficient (Wildman–Crippen LogP) is 6.11. The van der Waals surface area contributed by atoms with Crippen LogP contribution in [-0.4, -0.2) is 14.7 Å². The number of aryl methyl sites for hydroxylation is 2. The van der Waals surface area contributed by atoms with Gasteiger partial charge in [0.1, 0.15) is 5.82 Å². The van der Waals surface area contributed by atoms with Gasteiger partial charge in [0.05, 0.1) is 23.5 Å². The molecule has 1 N–H and O–H groups in total. The van der Waals surface area contributed by atoms with Gasteiger partial charge in [0.25, 0.3) is 0 Å². The number of hydrogen-bond acceptors (Lipinski definition) is 2. The average Bonchev–Trinajstić information content (AvgIpc) is 3.30. The minimum absolute atomic E-state index is 0.218. The van der Waals surface area contributed by atoms with Crippen LogP contribution in [0, 0.1) is 26.6 Å². The SMILES string of the molecule is Cc1ccccc1-n1c(C)cc([C@@H]2[C@H](c3ccccn3)NC(=S)N2c2ccccc2F)c1C. The van der Waals surface area contributed by atoms with E-state index in [-0.39, 0.29) is 17.9 Å². The summed E-state index contributed by atoms with van der Waals surface area (Å²) in [6.45, 7) is 6.33. The van der Waals surface area contributed by atoms with Gasteiger partial charge in [0.15, 0.2) is 5.11 Å². The van der Waals surface area contributed by atoms with E-state index < -0.39 is 0 Å². The van der Waals surface area contributed by atoms with Crippen molar-refractivity contribution in [2.24, 2.45) is 0 Å². The third-order valence-electron chi connectivity index (χ3n) is 6.36. The zero-order valence-electron chi connectivity index (χ0n) is 18.8. The molecule has 0 bridgehead atoms. The van der Waals surface area contributed by atoms with E-state index in [0.29, 0.717) is 10.8 Å². The molecule has 0 saturated carbocycles. The molecule has 5 rings (SSSR count). The fraction of sp³-hybridized carbons (Fsp3) is 0.185. The second-order valence-corrected chi connectivity index (χ2v) is 8.78. The molecule has 1 fully saturated rings. The maximum atomic E-state index is 15.0. The summed E-state index contributed by atoms with van der Waals surface area (Å²) in [6, 6.07) is 22.7. The van der Waals surface area contributed by atoms with E-state index in [4.69, 9.17) is 12.2 Å². The number of rotatable bonds is 4. The van der Waals surface area contributed by atoms with Crippen LogP contribution < -0.4 is 10.2 Å². The van der Waals surface area contributed by atoms with Crippen LogP contribution in [0.3, 0.4) is 0 Å². The van der Waals surface area contributed by atoms with Crippen LogP contribution in [0.2, 0.25) is 0 Å². The summed E-state index contributed by atoms with van der Waals surface area (Å²) < 4.78 is 17.3. The Balaban J connectivity index is 1.71. The summed E-state index contributed by atoms with van der Waals surface area (Å²) in [7, 11) is 0. The van der Waals surface area contributed by atoms with Crippen molar-refractivity contribution < 1.29 is 4.39 Å². The molecule has 0 aliphatic carbocycles. The number of para-hydroxylation sites is 2. The van der Waals surface area contributed by atoms with Crippen molar-refractivity contribution in [3.63, 3.8) is 0 Å². The normalized spacial score (nSPS) is 17.9. The molecule has 0 spiro atoms. The molecule has 4 nitrogen and oxygen atoms in total. The van der Waals surface area contributed by atoms with Gasteiger partial charge in [-0.2, -0.15) is 0 Å². The zero-order chi connectivity index (χ0) is 23.1. The molecule has 1 aliphatic rings. The van der Waals surface area contributed by atoms with Crippen molar-refractivity contribution in [2.75, 3.05) is 4.90 Å². The molecule has 3 heterocycles. The quantitative estimate of drug-likeness (QED) is 0.376. The highest BCUT2D eigenvalue weighted by molar-refractivity contribution is 7.80. The first-order valence-electron chi connectivity index (χ1n) is 11.0. The van der Waals surface area contributed by atoms with Crippen molar-refractivity contribution in [2.45, 2.75) is 32.9 Å². The molecular formula is C27H25FN4S. The summed E-state index contributed by atoms with van der Waals surface area (Å²) in [5.74, 6) is -0.305. The third kappa shape index (κ3) is 3.60. The van der Waals surface area contributed by atoms with Crippen molar-refractivity contribution in [1.29, 1.82) is 0 Å². The van der Waals surface area contributed by atoms with Gasteiger partial charge in [0.2, 0.25) is 0 Å². The second-order valence-electron chi connectivity index (χ2n) is 8.40. The lowest BCUT2D eigenvalue weighted by molar-refractivity contribution is 0.556. The Morgan fingerprint density at radius 3 is 2.30 bits per heavy atom. The van der Waals surface area contributed by atoms with Crippen molar-refractivity contribution in [1.82, 2.24) is 14.9 Å². The van der Waals surface area contributed by atoms with Crippen LogP contribution in [0.25, 0.3) is 5.69 Å². The Morgan fingerprint density at radius 2 is 1.61 bits per heavy atom. The van der Waals surface area contributed by atoms with Crippen LogP contribution >= 0.6 is 12.2 Å². The Kier molecular flexibility index (Phi) is 5.46. The number of hydrogen-bond donors (Lipinski definition) is 1. The molecule has 0 unspecified atom stereocenters. The van der Waals surface area contributed by atoms with E-state index in [9.17, 15) is 4.39 Å². The monoisotopic (exact) mass is 456 g/mol. The van der Waals surface area contributed by atoms with Crippen molar-refractivity contribution in [3.05, 3.63) is 113 Å². The standard InChI is InChI=1S/C27H25FN4S/c1-17-10-4-6-13-23(17)31-18(2)16-20(19(31)3)26-25(22-12-8-9-15-29-22)30-27(33)32(26)24-14-7-5-11-21(24)28/h4-16,25-26H,1-3H3,(H,30,33)/t25-,26+/m0/s1. The lowest BCUT2D eigenvalue weighted by atomic mass is 9.96. The van der Waals surface area contributed by atoms with E-state index in [2.05, 4.69) is 59.9 Å². The first-order valence-corrected chi connectivity index (χ1v) is 11.4. The molecule has 166 valence electrons. The first kappa shape index (κ1) is 21.3. The fourth-order valence-electron chi connectivity index (χ4n) is 4.85. The number of aromatic nitrogens is 2. The molecule has 1 aliphatic heterocycles. The van der Waals surface area contributed by atoms with Crippen LogP contribution in [0.15, 0.2) is 79.0 Å². The van der Waals surface area contributed by atoms with Gasteiger partial charge in [-0.25, -0.2) is 4.39 Å². The van der Waals surface area contributed by atoms with Crippen LogP contribution in [0.5, 0.6) is 0 Å². The largest absolute Gasteiger partial charge is 0.351 e. The lowest BCUT2D eigenvalue weighted by Crippen LogP contribution is -2.30. The van der Waals surface area contributed by atoms with Gasteiger partial charge in [-0.3, -0.25) is 4.98 Å². The smallest absolute Gasteiger partial charge is 0.174 e. The highest BCUT2D eigenvalue weighted by Crippen LogP contribution is 2.44. The number of anilines is 1. The van der Waals surface area contributed by atoms with E-state index in [1.807, 2.05) is 35.2 Å². The Bertz CT molecular complexity index is 1330. The van der Waals surface area contributed by atoms with Crippen molar-refractivity contribution >= 4 is 23.0 Å². The van der Waals surface area contributed by atoms with E-state index in [1.165, 1.54) is 11.6 Å². The Hall–Kier alpha value is -3.51. The van der Waals surface area contributed by atoms with E-state index in [0.717, 1.165) is 28.3 Å². The summed E-state index contributed by atoms with van der Waals surface area (Å²) in [5, 5.41) is 3.91. The van der Waals surface area contributed by atoms with Gasteiger partial charge in [-0.15, -0.1) is 0 Å². The molecular weight excluding hydrogens is 431 g/mol. The van der Waals surface area contributed by atoms with Gasteiger partial charge in [-0.05, 0) is 80.5 Å². The summed E-state index contributed by atoms with van der Waals surface area (Å²) >= 11 is 5.75. The molecule has 6 heteroatoms. The fourth-order valence-corrected chi connectivity index (χ4v) is 5.19. The maximum Gasteiger partial charge on any atom is 0.174 e. The molecule has 2 aromatic carbocycles. The van der Waals surface area contributed by atoms with Crippen LogP contribution in [-0.2, 0) is 0 Å². The molecule has 0 radical (unpaired) electrons. The first-order chi connectivity index (χ1) is 16.0. The van der Waals surface area contributed by atoms with Gasteiger partial charge >= 0.3 is 0 Å². The Morgan fingerprint density at radius 1 is 0.909 bits per heavy atom. The minimum atomic E-state index is -0.305. The second kappa shape index (κ2) is 8.45. The molecule has 1 saturated heterocycles. The highest BCUT2D eigenvalue weighted by atomic mass is 32.1. The predicted molar refractivity (Wildman–Crippen MR) is 134 cm³/mol. The number of nitrogens with zero attached hydrogens (tertiary/aromatic N) is 3. The molecule has 4 aromatic rings.